The summed E-state index contributed by atoms with van der Waals surface area (Å²) in [5, 5.41) is 13.5. The zero-order valence-electron chi connectivity index (χ0n) is 17.0. The van der Waals surface area contributed by atoms with Gasteiger partial charge in [0.2, 0.25) is 0 Å². The van der Waals surface area contributed by atoms with Crippen LogP contribution in [0.15, 0.2) is 48.5 Å². The normalized spacial score (nSPS) is 11.3. The van der Waals surface area contributed by atoms with Crippen molar-refractivity contribution >= 4 is 39.2 Å². The molecule has 0 bridgehead atoms. The van der Waals surface area contributed by atoms with Crippen molar-refractivity contribution in [2.75, 3.05) is 20.3 Å². The maximum Gasteiger partial charge on any atom is 0.340 e. The fourth-order valence-electron chi connectivity index (χ4n) is 3.84. The highest BCUT2D eigenvalue weighted by Crippen LogP contribution is 2.39. The van der Waals surface area contributed by atoms with Gasteiger partial charge in [0.25, 0.3) is 0 Å². The monoisotopic (exact) mass is 423 g/mol. The van der Waals surface area contributed by atoms with Crippen LogP contribution in [0.4, 0.5) is 0 Å². The van der Waals surface area contributed by atoms with E-state index >= 15 is 0 Å². The number of rotatable bonds is 5. The van der Waals surface area contributed by atoms with Crippen molar-refractivity contribution in [1.82, 2.24) is 4.57 Å². The van der Waals surface area contributed by atoms with Crippen molar-refractivity contribution in [3.05, 3.63) is 70.4 Å². The van der Waals surface area contributed by atoms with E-state index in [1.165, 1.54) is 0 Å². The van der Waals surface area contributed by atoms with Crippen molar-refractivity contribution in [2.45, 2.75) is 13.8 Å². The molecule has 1 heterocycles. The summed E-state index contributed by atoms with van der Waals surface area (Å²) in [7, 11) is 1.55. The molecule has 0 radical (unpaired) electrons. The first-order valence-electron chi connectivity index (χ1n) is 9.62. The van der Waals surface area contributed by atoms with Crippen LogP contribution in [-0.4, -0.2) is 36.0 Å². The summed E-state index contributed by atoms with van der Waals surface area (Å²) < 4.78 is 12.4. The smallest absolute Gasteiger partial charge is 0.340 e. The van der Waals surface area contributed by atoms with Crippen LogP contribution in [0.2, 0.25) is 5.02 Å². The Morgan fingerprint density at radius 2 is 1.77 bits per heavy atom. The number of carbonyl (C=O) groups is 1. The lowest BCUT2D eigenvalue weighted by Crippen LogP contribution is -2.11. The van der Waals surface area contributed by atoms with Crippen LogP contribution in [0.25, 0.3) is 27.4 Å². The molecule has 0 spiro atoms. The molecule has 0 aliphatic heterocycles. The zero-order chi connectivity index (χ0) is 21.4. The summed E-state index contributed by atoms with van der Waals surface area (Å²) in [6.07, 6.45) is 0. The van der Waals surface area contributed by atoms with Gasteiger partial charge in [-0.25, -0.2) is 4.79 Å². The lowest BCUT2D eigenvalue weighted by atomic mass is 10.0. The third kappa shape index (κ3) is 3.30. The summed E-state index contributed by atoms with van der Waals surface area (Å²) >= 11 is 6.41. The summed E-state index contributed by atoms with van der Waals surface area (Å²) in [6, 6.07) is 15.0. The summed E-state index contributed by atoms with van der Waals surface area (Å²) in [6.45, 7) is 4.27. The lowest BCUT2D eigenvalue weighted by molar-refractivity contribution is 0.0389. The number of halogens is 1. The molecular weight excluding hydrogens is 402 g/mol. The molecule has 0 atom stereocenters. The molecule has 0 aliphatic rings. The first-order chi connectivity index (χ1) is 14.4. The zero-order valence-corrected chi connectivity index (χ0v) is 17.8. The third-order valence-corrected chi connectivity index (χ3v) is 5.73. The van der Waals surface area contributed by atoms with Gasteiger partial charge < -0.3 is 19.1 Å². The predicted octanol–water partition coefficient (Wildman–Crippen LogP) is 5.56. The molecule has 6 heteroatoms. The molecule has 1 aromatic heterocycles. The van der Waals surface area contributed by atoms with Crippen LogP contribution < -0.4 is 0 Å². The Labute approximate surface area is 179 Å². The minimum Gasteiger partial charge on any atom is -0.507 e. The van der Waals surface area contributed by atoms with E-state index in [-0.39, 0.29) is 12.4 Å². The van der Waals surface area contributed by atoms with E-state index < -0.39 is 5.97 Å². The number of hydrogen-bond donors (Lipinski definition) is 1. The topological polar surface area (TPSA) is 60.7 Å². The van der Waals surface area contributed by atoms with E-state index in [0.29, 0.717) is 33.7 Å². The number of hydrogen-bond acceptors (Lipinski definition) is 4. The van der Waals surface area contributed by atoms with Crippen molar-refractivity contribution in [1.29, 1.82) is 0 Å². The second-order valence-corrected chi connectivity index (χ2v) is 7.60. The van der Waals surface area contributed by atoms with Crippen LogP contribution in [0, 0.1) is 13.8 Å². The second kappa shape index (κ2) is 8.01. The number of ether oxygens (including phenoxy) is 2. The first kappa shape index (κ1) is 20.3. The first-order valence-corrected chi connectivity index (χ1v) is 10.00. The van der Waals surface area contributed by atoms with Gasteiger partial charge in [-0.3, -0.25) is 0 Å². The SMILES string of the molecule is COCCOC(=O)c1c(C)n(-c2ccc(C)c(Cl)c2)c2c1cc(O)c1ccccc12. The second-order valence-electron chi connectivity index (χ2n) is 7.20. The van der Waals surface area contributed by atoms with Crippen molar-refractivity contribution in [3.8, 4) is 11.4 Å². The van der Waals surface area contributed by atoms with Gasteiger partial charge in [0.15, 0.2) is 0 Å². The number of aromatic hydroxyl groups is 1. The number of methoxy groups -OCH3 is 1. The molecule has 0 amide bonds. The molecule has 0 saturated carbocycles. The maximum atomic E-state index is 13.0. The van der Waals surface area contributed by atoms with Crippen molar-refractivity contribution < 1.29 is 19.4 Å². The fraction of sp³-hybridized carbons (Fsp3) is 0.208. The van der Waals surface area contributed by atoms with E-state index in [9.17, 15) is 9.90 Å². The van der Waals surface area contributed by atoms with Gasteiger partial charge in [0.05, 0.1) is 17.7 Å². The van der Waals surface area contributed by atoms with Crippen LogP contribution >= 0.6 is 11.6 Å². The minimum absolute atomic E-state index is 0.114. The summed E-state index contributed by atoms with van der Waals surface area (Å²) in [5.41, 5.74) is 3.75. The number of aromatic nitrogens is 1. The number of esters is 1. The number of benzene rings is 3. The fourth-order valence-corrected chi connectivity index (χ4v) is 4.01. The Hall–Kier alpha value is -3.02. The van der Waals surface area contributed by atoms with E-state index in [1.807, 2.05) is 60.9 Å². The number of phenols is 1. The molecule has 30 heavy (non-hydrogen) atoms. The van der Waals surface area contributed by atoms with E-state index in [2.05, 4.69) is 0 Å². The average Bonchev–Trinajstić information content (AvgIpc) is 3.02. The quantitative estimate of drug-likeness (QED) is 0.337. The van der Waals surface area contributed by atoms with Gasteiger partial charge in [-0.05, 0) is 37.6 Å². The Balaban J connectivity index is 2.07. The van der Waals surface area contributed by atoms with Gasteiger partial charge in [-0.2, -0.15) is 0 Å². The van der Waals surface area contributed by atoms with Crippen LogP contribution in [0.5, 0.6) is 5.75 Å². The maximum absolute atomic E-state index is 13.0. The lowest BCUT2D eigenvalue weighted by Gasteiger charge is -2.12. The van der Waals surface area contributed by atoms with Crippen molar-refractivity contribution in [3.63, 3.8) is 0 Å². The van der Waals surface area contributed by atoms with Gasteiger partial charge in [0, 0.05) is 39.7 Å². The highest BCUT2D eigenvalue weighted by atomic mass is 35.5. The predicted molar refractivity (Wildman–Crippen MR) is 119 cm³/mol. The Bertz CT molecular complexity index is 1280. The number of carbonyl (C=O) groups excluding carboxylic acids is 1. The van der Waals surface area contributed by atoms with E-state index in [0.717, 1.165) is 22.2 Å². The number of aryl methyl sites for hydroxylation is 1. The van der Waals surface area contributed by atoms with Gasteiger partial charge >= 0.3 is 5.97 Å². The van der Waals surface area contributed by atoms with Gasteiger partial charge in [-0.1, -0.05) is 41.9 Å². The van der Waals surface area contributed by atoms with Gasteiger partial charge in [-0.15, -0.1) is 0 Å². The molecule has 0 aliphatic carbocycles. The Kier molecular flexibility index (Phi) is 5.41. The molecule has 0 saturated heterocycles. The number of fused-ring (bicyclic) bond motifs is 3. The molecule has 0 fully saturated rings. The molecule has 154 valence electrons. The Morgan fingerprint density at radius 1 is 1.03 bits per heavy atom. The molecule has 5 nitrogen and oxygen atoms in total. The molecular formula is C24H22ClNO4. The molecule has 0 unspecified atom stereocenters. The molecule has 4 aromatic rings. The van der Waals surface area contributed by atoms with E-state index in [1.54, 1.807) is 13.2 Å². The molecule has 4 rings (SSSR count). The molecule has 3 aromatic carbocycles. The highest BCUT2D eigenvalue weighted by Gasteiger charge is 2.25. The van der Waals surface area contributed by atoms with E-state index in [4.69, 9.17) is 21.1 Å². The van der Waals surface area contributed by atoms with Crippen LogP contribution in [0.3, 0.4) is 0 Å². The Morgan fingerprint density at radius 3 is 2.47 bits per heavy atom. The third-order valence-electron chi connectivity index (χ3n) is 5.32. The summed E-state index contributed by atoms with van der Waals surface area (Å²) in [5.74, 6) is -0.343. The van der Waals surface area contributed by atoms with Crippen LogP contribution in [0.1, 0.15) is 21.6 Å². The van der Waals surface area contributed by atoms with Gasteiger partial charge in [0.1, 0.15) is 12.4 Å². The average molecular weight is 424 g/mol. The number of phenolic OH excluding ortho intramolecular Hbond substituents is 1. The summed E-state index contributed by atoms with van der Waals surface area (Å²) in [4.78, 5) is 13.0. The highest BCUT2D eigenvalue weighted by molar-refractivity contribution is 6.31. The molecule has 1 N–H and O–H groups in total. The number of nitrogens with zero attached hydrogens (tertiary/aromatic N) is 1. The minimum atomic E-state index is -0.457. The largest absolute Gasteiger partial charge is 0.507 e. The van der Waals surface area contributed by atoms with Crippen LogP contribution in [-0.2, 0) is 9.47 Å². The standard InChI is InChI=1S/C24H22ClNO4/c1-14-8-9-16(12-20(14)25)26-15(2)22(24(28)30-11-10-29-3)19-13-21(27)17-6-4-5-7-18(17)23(19)26/h4-9,12-13,27H,10-11H2,1-3H3. The van der Waals surface area contributed by atoms with Crippen molar-refractivity contribution in [2.24, 2.45) is 0 Å².